The Morgan fingerprint density at radius 3 is 2.52 bits per heavy atom. The lowest BCUT2D eigenvalue weighted by atomic mass is 9.97. The van der Waals surface area contributed by atoms with Crippen LogP contribution in [0.1, 0.15) is 31.5 Å². The zero-order valence-electron chi connectivity index (χ0n) is 14.9. The predicted molar refractivity (Wildman–Crippen MR) is 102 cm³/mol. The number of nitrogens with one attached hydrogen (secondary N) is 1. The molecule has 7 nitrogen and oxygen atoms in total. The van der Waals surface area contributed by atoms with E-state index in [0.717, 1.165) is 5.69 Å². The third kappa shape index (κ3) is 4.45. The maximum atomic E-state index is 12.7. The van der Waals surface area contributed by atoms with Gasteiger partial charge in [-0.2, -0.15) is 4.31 Å². The van der Waals surface area contributed by atoms with Crippen molar-refractivity contribution in [3.8, 4) is 0 Å². The van der Waals surface area contributed by atoms with Crippen LogP contribution in [-0.4, -0.2) is 41.7 Å². The maximum Gasteiger partial charge on any atom is 0.246 e. The first-order valence-electron chi connectivity index (χ1n) is 8.71. The molecule has 0 spiro atoms. The van der Waals surface area contributed by atoms with Crippen molar-refractivity contribution in [1.82, 2.24) is 19.6 Å². The number of pyridine rings is 2. The SMILES string of the molecule is CC(NC(=O)C1CCN(S(=O)(=O)c2cccnc2Cl)CC1)c1ccccn1. The second-order valence-corrected chi connectivity index (χ2v) is 8.72. The number of amides is 1. The van der Waals surface area contributed by atoms with Gasteiger partial charge < -0.3 is 5.32 Å². The smallest absolute Gasteiger partial charge is 0.246 e. The Morgan fingerprint density at radius 2 is 1.89 bits per heavy atom. The van der Waals surface area contributed by atoms with Crippen molar-refractivity contribution in [1.29, 1.82) is 0 Å². The molecular formula is C18H21ClN4O3S. The first-order chi connectivity index (χ1) is 12.9. The fraction of sp³-hybridized carbons (Fsp3) is 0.389. The largest absolute Gasteiger partial charge is 0.348 e. The van der Waals surface area contributed by atoms with Crippen molar-refractivity contribution in [2.45, 2.75) is 30.7 Å². The number of nitrogens with zero attached hydrogens (tertiary/aromatic N) is 3. The summed E-state index contributed by atoms with van der Waals surface area (Å²) in [5.74, 6) is -0.309. The monoisotopic (exact) mass is 408 g/mol. The van der Waals surface area contributed by atoms with Gasteiger partial charge in [-0.3, -0.25) is 9.78 Å². The highest BCUT2D eigenvalue weighted by Gasteiger charge is 2.33. The molecular weight excluding hydrogens is 388 g/mol. The number of piperidine rings is 1. The first kappa shape index (κ1) is 19.7. The molecule has 9 heteroatoms. The molecule has 2 aromatic heterocycles. The molecule has 1 aliphatic rings. The Kier molecular flexibility index (Phi) is 6.08. The minimum absolute atomic E-state index is 0.00153. The van der Waals surface area contributed by atoms with Crippen LogP contribution in [0.2, 0.25) is 5.15 Å². The number of carbonyl (C=O) groups excluding carboxylic acids is 1. The van der Waals surface area contributed by atoms with Crippen LogP contribution in [0.25, 0.3) is 0 Å². The lowest BCUT2D eigenvalue weighted by Gasteiger charge is -2.31. The van der Waals surface area contributed by atoms with Gasteiger partial charge in [0.25, 0.3) is 0 Å². The Balaban J connectivity index is 1.60. The molecule has 144 valence electrons. The standard InChI is InChI=1S/C18H21ClN4O3S/c1-13(15-5-2-3-9-20-15)22-18(24)14-7-11-23(12-8-14)27(25,26)16-6-4-10-21-17(16)19/h2-6,9-10,13-14H,7-8,11-12H2,1H3,(H,22,24). The van der Waals surface area contributed by atoms with Crippen LogP contribution in [0, 0.1) is 5.92 Å². The summed E-state index contributed by atoms with van der Waals surface area (Å²) in [6.45, 7) is 2.41. The Labute approximate surface area is 163 Å². The van der Waals surface area contributed by atoms with Crippen molar-refractivity contribution in [2.24, 2.45) is 5.92 Å². The highest BCUT2D eigenvalue weighted by Crippen LogP contribution is 2.27. The van der Waals surface area contributed by atoms with Crippen LogP contribution in [-0.2, 0) is 14.8 Å². The van der Waals surface area contributed by atoms with E-state index in [4.69, 9.17) is 11.6 Å². The number of hydrogen-bond donors (Lipinski definition) is 1. The Hall–Kier alpha value is -2.03. The van der Waals surface area contributed by atoms with Gasteiger partial charge in [0.05, 0.1) is 11.7 Å². The lowest BCUT2D eigenvalue weighted by molar-refractivity contribution is -0.126. The molecule has 1 aliphatic heterocycles. The van der Waals surface area contributed by atoms with E-state index in [1.165, 1.54) is 22.6 Å². The number of halogens is 1. The van der Waals surface area contributed by atoms with Crippen molar-refractivity contribution in [3.05, 3.63) is 53.6 Å². The quantitative estimate of drug-likeness (QED) is 0.767. The third-order valence-electron chi connectivity index (χ3n) is 4.66. The van der Waals surface area contributed by atoms with Crippen LogP contribution in [0.4, 0.5) is 0 Å². The molecule has 3 rings (SSSR count). The van der Waals surface area contributed by atoms with Gasteiger partial charge in [0.2, 0.25) is 15.9 Å². The molecule has 27 heavy (non-hydrogen) atoms. The second kappa shape index (κ2) is 8.33. The molecule has 1 N–H and O–H groups in total. The number of aromatic nitrogens is 2. The van der Waals surface area contributed by atoms with Gasteiger partial charge in [-0.15, -0.1) is 0 Å². The number of rotatable bonds is 5. The molecule has 0 bridgehead atoms. The summed E-state index contributed by atoms with van der Waals surface area (Å²) in [6.07, 6.45) is 4.04. The zero-order chi connectivity index (χ0) is 19.4. The van der Waals surface area contributed by atoms with E-state index in [9.17, 15) is 13.2 Å². The number of hydrogen-bond acceptors (Lipinski definition) is 5. The highest BCUT2D eigenvalue weighted by molar-refractivity contribution is 7.89. The first-order valence-corrected chi connectivity index (χ1v) is 10.5. The second-order valence-electron chi connectivity index (χ2n) is 6.46. The van der Waals surface area contributed by atoms with Crippen molar-refractivity contribution < 1.29 is 13.2 Å². The summed E-state index contributed by atoms with van der Waals surface area (Å²) >= 11 is 5.94. The summed E-state index contributed by atoms with van der Waals surface area (Å²) in [5, 5.41) is 2.92. The van der Waals surface area contributed by atoms with Crippen LogP contribution < -0.4 is 5.32 Å². The van der Waals surface area contributed by atoms with E-state index in [0.29, 0.717) is 12.8 Å². The predicted octanol–water partition coefficient (Wildman–Crippen LogP) is 2.41. The topological polar surface area (TPSA) is 92.3 Å². The van der Waals surface area contributed by atoms with E-state index in [-0.39, 0.29) is 41.0 Å². The van der Waals surface area contributed by atoms with Gasteiger partial charge in [-0.25, -0.2) is 13.4 Å². The summed E-state index contributed by atoms with van der Waals surface area (Å²) in [4.78, 5) is 20.6. The van der Waals surface area contributed by atoms with E-state index in [1.807, 2.05) is 25.1 Å². The van der Waals surface area contributed by atoms with Gasteiger partial charge in [-0.05, 0) is 44.0 Å². The molecule has 1 amide bonds. The molecule has 1 saturated heterocycles. The normalized spacial score (nSPS) is 17.4. The van der Waals surface area contributed by atoms with Gasteiger partial charge in [0.15, 0.2) is 0 Å². The third-order valence-corrected chi connectivity index (χ3v) is 7.00. The van der Waals surface area contributed by atoms with Gasteiger partial charge in [0, 0.05) is 31.4 Å². The number of sulfonamides is 1. The van der Waals surface area contributed by atoms with Crippen LogP contribution in [0.5, 0.6) is 0 Å². The van der Waals surface area contributed by atoms with Gasteiger partial charge in [0.1, 0.15) is 10.0 Å². The van der Waals surface area contributed by atoms with E-state index >= 15 is 0 Å². The minimum atomic E-state index is -3.71. The average molecular weight is 409 g/mol. The zero-order valence-corrected chi connectivity index (χ0v) is 16.4. The molecule has 0 aromatic carbocycles. The van der Waals surface area contributed by atoms with Gasteiger partial charge in [-0.1, -0.05) is 17.7 Å². The average Bonchev–Trinajstić information content (AvgIpc) is 2.69. The van der Waals surface area contributed by atoms with Crippen LogP contribution in [0.3, 0.4) is 0 Å². The molecule has 2 aromatic rings. The Morgan fingerprint density at radius 1 is 1.19 bits per heavy atom. The summed E-state index contributed by atoms with van der Waals surface area (Å²) in [7, 11) is -3.71. The molecule has 1 fully saturated rings. The van der Waals surface area contributed by atoms with E-state index in [2.05, 4.69) is 15.3 Å². The molecule has 3 heterocycles. The maximum absolute atomic E-state index is 12.7. The van der Waals surface area contributed by atoms with E-state index < -0.39 is 10.0 Å². The summed E-state index contributed by atoms with van der Waals surface area (Å²) in [5.41, 5.74) is 0.789. The minimum Gasteiger partial charge on any atom is -0.348 e. The van der Waals surface area contributed by atoms with Crippen LogP contribution >= 0.6 is 11.6 Å². The number of carbonyl (C=O) groups is 1. The van der Waals surface area contributed by atoms with Crippen LogP contribution in [0.15, 0.2) is 47.6 Å². The van der Waals surface area contributed by atoms with Gasteiger partial charge >= 0.3 is 0 Å². The molecule has 1 atom stereocenters. The molecule has 0 radical (unpaired) electrons. The fourth-order valence-corrected chi connectivity index (χ4v) is 5.00. The molecule has 0 aliphatic carbocycles. The van der Waals surface area contributed by atoms with Crippen molar-refractivity contribution in [3.63, 3.8) is 0 Å². The highest BCUT2D eigenvalue weighted by atomic mass is 35.5. The molecule has 1 unspecified atom stereocenters. The lowest BCUT2D eigenvalue weighted by Crippen LogP contribution is -2.43. The summed E-state index contributed by atoms with van der Waals surface area (Å²) in [6, 6.07) is 8.34. The fourth-order valence-electron chi connectivity index (χ4n) is 3.10. The summed E-state index contributed by atoms with van der Waals surface area (Å²) < 4.78 is 26.8. The van der Waals surface area contributed by atoms with Crippen molar-refractivity contribution >= 4 is 27.5 Å². The Bertz CT molecular complexity index is 900. The van der Waals surface area contributed by atoms with Crippen molar-refractivity contribution in [2.75, 3.05) is 13.1 Å². The van der Waals surface area contributed by atoms with E-state index in [1.54, 1.807) is 6.20 Å². The molecule has 0 saturated carbocycles.